The fourth-order valence-electron chi connectivity index (χ4n) is 3.17. The molecule has 29 heavy (non-hydrogen) atoms. The van der Waals surface area contributed by atoms with E-state index < -0.39 is 21.9 Å². The maximum absolute atomic E-state index is 13.5. The lowest BCUT2D eigenvalue weighted by molar-refractivity contribution is 0.0557. The van der Waals surface area contributed by atoms with Crippen LogP contribution in [-0.4, -0.2) is 68.2 Å². The van der Waals surface area contributed by atoms with E-state index in [4.69, 9.17) is 10.00 Å². The maximum atomic E-state index is 13.5. The van der Waals surface area contributed by atoms with Crippen LogP contribution in [0, 0.1) is 17.1 Å². The van der Waals surface area contributed by atoms with Gasteiger partial charge in [0, 0.05) is 32.7 Å². The Kier molecular flexibility index (Phi) is 6.82. The molecule has 2 aromatic carbocycles. The number of nitrogens with zero attached hydrogens (tertiary/aromatic N) is 3. The Labute approximate surface area is 169 Å². The molecule has 7 nitrogen and oxygen atoms in total. The molecule has 1 atom stereocenters. The van der Waals surface area contributed by atoms with Gasteiger partial charge in [-0.05, 0) is 24.3 Å². The Bertz CT molecular complexity index is 985. The number of aliphatic hydroxyl groups is 1. The van der Waals surface area contributed by atoms with Crippen LogP contribution in [0.15, 0.2) is 53.4 Å². The van der Waals surface area contributed by atoms with E-state index >= 15 is 0 Å². The fraction of sp³-hybridized carbons (Fsp3) is 0.350. The van der Waals surface area contributed by atoms with Gasteiger partial charge in [-0.25, -0.2) is 12.8 Å². The van der Waals surface area contributed by atoms with Crippen molar-refractivity contribution in [1.82, 2.24) is 9.21 Å². The Balaban J connectivity index is 1.52. The molecule has 1 aliphatic heterocycles. The van der Waals surface area contributed by atoms with Crippen molar-refractivity contribution in [3.8, 4) is 11.8 Å². The summed E-state index contributed by atoms with van der Waals surface area (Å²) in [5.74, 6) is -0.408. The molecular weight excluding hydrogens is 397 g/mol. The van der Waals surface area contributed by atoms with Gasteiger partial charge in [-0.15, -0.1) is 0 Å². The number of nitriles is 1. The van der Waals surface area contributed by atoms with Crippen molar-refractivity contribution in [2.24, 2.45) is 0 Å². The van der Waals surface area contributed by atoms with Gasteiger partial charge in [0.05, 0.1) is 10.5 Å². The van der Waals surface area contributed by atoms with E-state index in [9.17, 15) is 17.9 Å². The van der Waals surface area contributed by atoms with Crippen LogP contribution in [0.5, 0.6) is 5.75 Å². The van der Waals surface area contributed by atoms with E-state index in [-0.39, 0.29) is 42.4 Å². The van der Waals surface area contributed by atoms with Gasteiger partial charge in [-0.2, -0.15) is 9.57 Å². The van der Waals surface area contributed by atoms with Crippen LogP contribution in [0.3, 0.4) is 0 Å². The van der Waals surface area contributed by atoms with E-state index in [1.54, 1.807) is 24.3 Å². The zero-order valence-electron chi connectivity index (χ0n) is 15.7. The largest absolute Gasteiger partial charge is 0.488 e. The molecule has 154 valence electrons. The number of ether oxygens (including phenoxy) is 1. The van der Waals surface area contributed by atoms with Gasteiger partial charge in [0.1, 0.15) is 18.8 Å². The Hall–Kier alpha value is -2.51. The normalized spacial score (nSPS) is 16.9. The summed E-state index contributed by atoms with van der Waals surface area (Å²) in [6.45, 7) is 1.60. The molecule has 1 N–H and O–H groups in total. The number of benzene rings is 2. The Morgan fingerprint density at radius 1 is 1.10 bits per heavy atom. The average Bonchev–Trinajstić information content (AvgIpc) is 2.73. The van der Waals surface area contributed by atoms with Gasteiger partial charge in [0.25, 0.3) is 0 Å². The molecule has 0 amide bonds. The van der Waals surface area contributed by atoms with Crippen molar-refractivity contribution in [1.29, 1.82) is 5.26 Å². The molecule has 0 saturated carbocycles. The molecule has 1 fully saturated rings. The van der Waals surface area contributed by atoms with Crippen molar-refractivity contribution >= 4 is 10.0 Å². The number of aliphatic hydroxyl groups excluding tert-OH is 1. The van der Waals surface area contributed by atoms with E-state index in [0.717, 1.165) is 0 Å². The number of piperazine rings is 1. The highest BCUT2D eigenvalue weighted by Crippen LogP contribution is 2.21. The highest BCUT2D eigenvalue weighted by molar-refractivity contribution is 7.89. The monoisotopic (exact) mass is 419 g/mol. The number of sulfonamides is 1. The second-order valence-corrected chi connectivity index (χ2v) is 8.61. The molecule has 0 radical (unpaired) electrons. The van der Waals surface area contributed by atoms with Crippen LogP contribution in [0.25, 0.3) is 0 Å². The molecule has 1 aliphatic rings. The van der Waals surface area contributed by atoms with Crippen LogP contribution in [0.4, 0.5) is 4.39 Å². The van der Waals surface area contributed by atoms with Crippen molar-refractivity contribution in [2.75, 3.05) is 39.3 Å². The van der Waals surface area contributed by atoms with Crippen LogP contribution < -0.4 is 4.74 Å². The fourth-order valence-corrected chi connectivity index (χ4v) is 4.74. The third kappa shape index (κ3) is 5.10. The highest BCUT2D eigenvalue weighted by Gasteiger charge is 2.30. The van der Waals surface area contributed by atoms with Gasteiger partial charge < -0.3 is 9.84 Å². The quantitative estimate of drug-likeness (QED) is 0.730. The standard InChI is InChI=1S/C20H22FN3O4S/c21-18-6-2-3-7-19(18)28-15-17(25)14-23-9-11-24(12-10-23)29(26,27)20-8-4-1-5-16(20)13-22/h1-8,17,25H,9-12,14-15H2/t17-/m0/s1. The predicted octanol–water partition coefficient (Wildman–Crippen LogP) is 1.44. The first kappa shape index (κ1) is 21.2. The SMILES string of the molecule is N#Cc1ccccc1S(=O)(=O)N1CCN(C[C@H](O)COc2ccccc2F)CC1. The first-order chi connectivity index (χ1) is 13.9. The minimum absolute atomic E-state index is 0.00859. The molecule has 0 aromatic heterocycles. The molecule has 1 saturated heterocycles. The Morgan fingerprint density at radius 3 is 2.45 bits per heavy atom. The molecule has 1 heterocycles. The number of β-amino-alcohol motifs (C(OH)–C–C–N with tert-alkyl or cyclic N) is 1. The zero-order valence-corrected chi connectivity index (χ0v) is 16.6. The van der Waals surface area contributed by atoms with Gasteiger partial charge in [-0.3, -0.25) is 4.90 Å². The predicted molar refractivity (Wildman–Crippen MR) is 104 cm³/mol. The summed E-state index contributed by atoms with van der Waals surface area (Å²) in [6.07, 6.45) is -0.836. The maximum Gasteiger partial charge on any atom is 0.244 e. The lowest BCUT2D eigenvalue weighted by atomic mass is 10.2. The zero-order chi connectivity index (χ0) is 20.9. The van der Waals surface area contributed by atoms with Crippen LogP contribution in [0.1, 0.15) is 5.56 Å². The van der Waals surface area contributed by atoms with E-state index in [0.29, 0.717) is 13.1 Å². The molecule has 0 unspecified atom stereocenters. The van der Waals surface area contributed by atoms with Crippen LogP contribution >= 0.6 is 0 Å². The molecule has 2 aromatic rings. The summed E-state index contributed by atoms with van der Waals surface area (Å²) >= 11 is 0. The smallest absolute Gasteiger partial charge is 0.244 e. The number of hydrogen-bond acceptors (Lipinski definition) is 6. The van der Waals surface area contributed by atoms with Crippen molar-refractivity contribution in [3.05, 3.63) is 59.9 Å². The van der Waals surface area contributed by atoms with E-state index in [2.05, 4.69) is 0 Å². The Morgan fingerprint density at radius 2 is 1.76 bits per heavy atom. The van der Waals surface area contributed by atoms with Crippen molar-refractivity contribution in [3.63, 3.8) is 0 Å². The molecule has 3 rings (SSSR count). The molecule has 0 bridgehead atoms. The number of halogens is 1. The lowest BCUT2D eigenvalue weighted by Crippen LogP contribution is -2.50. The number of rotatable bonds is 7. The average molecular weight is 419 g/mol. The second kappa shape index (κ2) is 9.33. The van der Waals surface area contributed by atoms with Crippen LogP contribution in [0.2, 0.25) is 0 Å². The van der Waals surface area contributed by atoms with Gasteiger partial charge in [-0.1, -0.05) is 24.3 Å². The molecule has 9 heteroatoms. The summed E-state index contributed by atoms with van der Waals surface area (Å²) in [5, 5.41) is 19.3. The minimum atomic E-state index is -3.75. The summed E-state index contributed by atoms with van der Waals surface area (Å²) in [4.78, 5) is 1.94. The van der Waals surface area contributed by atoms with E-state index in [1.165, 1.54) is 28.6 Å². The van der Waals surface area contributed by atoms with Crippen molar-refractivity contribution in [2.45, 2.75) is 11.0 Å². The first-order valence-corrected chi connectivity index (χ1v) is 10.6. The summed E-state index contributed by atoms with van der Waals surface area (Å²) in [7, 11) is -3.75. The number of para-hydroxylation sites is 1. The summed E-state index contributed by atoms with van der Waals surface area (Å²) in [6, 6.07) is 14.0. The molecule has 0 spiro atoms. The number of hydrogen-bond donors (Lipinski definition) is 1. The van der Waals surface area contributed by atoms with Crippen molar-refractivity contribution < 1.29 is 22.7 Å². The summed E-state index contributed by atoms with van der Waals surface area (Å²) in [5.41, 5.74) is 0.121. The topological polar surface area (TPSA) is 93.9 Å². The first-order valence-electron chi connectivity index (χ1n) is 9.19. The molecule has 0 aliphatic carbocycles. The second-order valence-electron chi connectivity index (χ2n) is 6.71. The van der Waals surface area contributed by atoms with Gasteiger partial charge >= 0.3 is 0 Å². The van der Waals surface area contributed by atoms with Crippen LogP contribution in [-0.2, 0) is 10.0 Å². The lowest BCUT2D eigenvalue weighted by Gasteiger charge is -2.35. The minimum Gasteiger partial charge on any atom is -0.488 e. The third-order valence-corrected chi connectivity index (χ3v) is 6.65. The third-order valence-electron chi connectivity index (χ3n) is 4.69. The summed E-state index contributed by atoms with van der Waals surface area (Å²) < 4.78 is 45.9. The highest BCUT2D eigenvalue weighted by atomic mass is 32.2. The molecular formula is C20H22FN3O4S. The van der Waals surface area contributed by atoms with E-state index in [1.807, 2.05) is 11.0 Å². The van der Waals surface area contributed by atoms with Gasteiger partial charge in [0.2, 0.25) is 10.0 Å². The van der Waals surface area contributed by atoms with Gasteiger partial charge in [0.15, 0.2) is 11.6 Å².